The second-order valence-electron chi connectivity index (χ2n) is 15.3. The van der Waals surface area contributed by atoms with E-state index in [1.807, 2.05) is 0 Å². The molecule has 7 aromatic carbocycles. The number of rotatable bonds is 14. The van der Waals surface area contributed by atoms with Crippen LogP contribution in [0.1, 0.15) is 72.2 Å². The molecule has 0 fully saturated rings. The van der Waals surface area contributed by atoms with Crippen molar-refractivity contribution in [3.05, 3.63) is 190 Å². The van der Waals surface area contributed by atoms with Crippen molar-refractivity contribution < 1.29 is 19.7 Å². The molecule has 0 saturated carbocycles. The lowest BCUT2D eigenvalue weighted by atomic mass is 9.73. The molecular weight excluding hydrogens is 665 g/mol. The molecule has 0 heterocycles. The van der Waals surface area contributed by atoms with E-state index in [2.05, 4.69) is 173 Å². The summed E-state index contributed by atoms with van der Waals surface area (Å²) in [6.45, 7) is 9.60. The summed E-state index contributed by atoms with van der Waals surface area (Å²) >= 11 is 0. The van der Waals surface area contributed by atoms with Crippen LogP contribution in [0, 0.1) is 0 Å². The molecule has 7 rings (SSSR count). The highest BCUT2D eigenvalue weighted by molar-refractivity contribution is 5.87. The molecule has 2 N–H and O–H groups in total. The maximum absolute atomic E-state index is 9.58. The zero-order valence-corrected chi connectivity index (χ0v) is 31.8. The third kappa shape index (κ3) is 7.64. The van der Waals surface area contributed by atoms with E-state index in [9.17, 15) is 10.2 Å². The summed E-state index contributed by atoms with van der Waals surface area (Å²) in [5, 5.41) is 24.1. The van der Waals surface area contributed by atoms with Gasteiger partial charge in [-0.3, -0.25) is 0 Å². The van der Waals surface area contributed by atoms with Crippen LogP contribution in [0.4, 0.5) is 0 Å². The zero-order valence-electron chi connectivity index (χ0n) is 31.8. The highest BCUT2D eigenvalue weighted by atomic mass is 16.5. The molecule has 0 atom stereocenters. The van der Waals surface area contributed by atoms with Gasteiger partial charge in [-0.05, 0) is 78.2 Å². The fraction of sp³-hybridized carbons (Fsp3) is 0.240. The van der Waals surface area contributed by atoms with E-state index in [1.165, 1.54) is 54.9 Å². The average molecular weight is 715 g/mol. The summed E-state index contributed by atoms with van der Waals surface area (Å²) in [6, 6.07) is 52.0. The van der Waals surface area contributed by atoms with Crippen LogP contribution in [-0.2, 0) is 23.7 Å². The van der Waals surface area contributed by atoms with Crippen LogP contribution in [0.2, 0.25) is 0 Å². The van der Waals surface area contributed by atoms with Gasteiger partial charge in [0.2, 0.25) is 0 Å². The standard InChI is InChI=1S/C50H50O4/c1-49(2,43-22-24-47(53-28-26-51)39(32-43)30-37-16-9-14-35-12-5-7-20-45(35)37)41-18-11-19-42(34-41)50(3,4)44-23-25-48(54-29-27-52)40(33-44)31-38-17-10-15-36-13-6-8-21-46(36)38/h5-25,32-34,51-52H,26-31H2,1-4H3. The Morgan fingerprint density at radius 1 is 0.407 bits per heavy atom. The van der Waals surface area contributed by atoms with Gasteiger partial charge in [-0.15, -0.1) is 0 Å². The summed E-state index contributed by atoms with van der Waals surface area (Å²) in [5.41, 5.74) is 8.93. The fourth-order valence-corrected chi connectivity index (χ4v) is 7.74. The zero-order chi connectivity index (χ0) is 37.7. The normalized spacial score (nSPS) is 12.0. The molecular formula is C50H50O4. The summed E-state index contributed by atoms with van der Waals surface area (Å²) in [4.78, 5) is 0. The third-order valence-electron chi connectivity index (χ3n) is 11.1. The molecule has 274 valence electrons. The van der Waals surface area contributed by atoms with Crippen LogP contribution in [0.5, 0.6) is 11.5 Å². The van der Waals surface area contributed by atoms with E-state index in [1.54, 1.807) is 0 Å². The lowest BCUT2D eigenvalue weighted by molar-refractivity contribution is 0.200. The first-order valence-electron chi connectivity index (χ1n) is 19.0. The van der Waals surface area contributed by atoms with Gasteiger partial charge in [0.15, 0.2) is 0 Å². The summed E-state index contributed by atoms with van der Waals surface area (Å²) in [7, 11) is 0. The topological polar surface area (TPSA) is 58.9 Å². The minimum Gasteiger partial charge on any atom is -0.491 e. The third-order valence-corrected chi connectivity index (χ3v) is 11.1. The van der Waals surface area contributed by atoms with Crippen molar-refractivity contribution >= 4 is 21.5 Å². The van der Waals surface area contributed by atoms with Crippen LogP contribution in [-0.4, -0.2) is 36.6 Å². The van der Waals surface area contributed by atoms with Gasteiger partial charge in [-0.2, -0.15) is 0 Å². The SMILES string of the molecule is CC(C)(c1cccc(C(C)(C)c2ccc(OCCO)c(Cc3cccc4ccccc34)c2)c1)c1ccc(OCCO)c(Cc2cccc3ccccc23)c1. The predicted octanol–water partition coefficient (Wildman–Crippen LogP) is 10.6. The van der Waals surface area contributed by atoms with E-state index in [-0.39, 0.29) is 37.3 Å². The Hall–Kier alpha value is -5.42. The summed E-state index contributed by atoms with van der Waals surface area (Å²) in [6.07, 6.45) is 1.44. The number of hydrogen-bond donors (Lipinski definition) is 2. The van der Waals surface area contributed by atoms with E-state index >= 15 is 0 Å². The Morgan fingerprint density at radius 2 is 0.796 bits per heavy atom. The molecule has 0 unspecified atom stereocenters. The summed E-state index contributed by atoms with van der Waals surface area (Å²) in [5.74, 6) is 1.61. The molecule has 0 aliphatic rings. The predicted molar refractivity (Wildman–Crippen MR) is 222 cm³/mol. The van der Waals surface area contributed by atoms with E-state index in [0.29, 0.717) is 0 Å². The Balaban J connectivity index is 1.23. The molecule has 7 aromatic rings. The fourth-order valence-electron chi connectivity index (χ4n) is 7.74. The van der Waals surface area contributed by atoms with Crippen LogP contribution in [0.25, 0.3) is 21.5 Å². The molecule has 0 aromatic heterocycles. The smallest absolute Gasteiger partial charge is 0.122 e. The van der Waals surface area contributed by atoms with E-state index in [0.717, 1.165) is 35.5 Å². The van der Waals surface area contributed by atoms with E-state index in [4.69, 9.17) is 9.47 Å². The summed E-state index contributed by atoms with van der Waals surface area (Å²) < 4.78 is 12.2. The first kappa shape index (κ1) is 36.9. The van der Waals surface area contributed by atoms with E-state index < -0.39 is 0 Å². The molecule has 4 heteroatoms. The van der Waals surface area contributed by atoms with Gasteiger partial charge in [-0.1, -0.05) is 161 Å². The van der Waals surface area contributed by atoms with Crippen molar-refractivity contribution in [1.29, 1.82) is 0 Å². The van der Waals surface area contributed by atoms with Gasteiger partial charge >= 0.3 is 0 Å². The second kappa shape index (κ2) is 15.9. The monoisotopic (exact) mass is 714 g/mol. The van der Waals surface area contributed by atoms with Crippen LogP contribution in [0.3, 0.4) is 0 Å². The lowest BCUT2D eigenvalue weighted by Crippen LogP contribution is -2.23. The molecule has 0 aliphatic carbocycles. The van der Waals surface area contributed by atoms with Gasteiger partial charge in [-0.25, -0.2) is 0 Å². The van der Waals surface area contributed by atoms with Crippen molar-refractivity contribution in [3.63, 3.8) is 0 Å². The maximum atomic E-state index is 9.58. The minimum absolute atomic E-state index is 0.0351. The van der Waals surface area contributed by atoms with Gasteiger partial charge < -0.3 is 19.7 Å². The van der Waals surface area contributed by atoms with Crippen LogP contribution < -0.4 is 9.47 Å². The maximum Gasteiger partial charge on any atom is 0.122 e. The van der Waals surface area contributed by atoms with Gasteiger partial charge in [0.25, 0.3) is 0 Å². The van der Waals surface area contributed by atoms with Crippen molar-refractivity contribution in [2.75, 3.05) is 26.4 Å². The molecule has 0 spiro atoms. The highest BCUT2D eigenvalue weighted by Gasteiger charge is 2.29. The molecule has 4 nitrogen and oxygen atoms in total. The highest BCUT2D eigenvalue weighted by Crippen LogP contribution is 2.40. The molecule has 0 bridgehead atoms. The van der Waals surface area contributed by atoms with Crippen molar-refractivity contribution in [2.45, 2.75) is 51.4 Å². The Bertz CT molecular complexity index is 2210. The second-order valence-corrected chi connectivity index (χ2v) is 15.3. The molecule has 0 aliphatic heterocycles. The number of fused-ring (bicyclic) bond motifs is 2. The quantitative estimate of drug-likeness (QED) is 0.118. The van der Waals surface area contributed by atoms with Gasteiger partial charge in [0.05, 0.1) is 13.2 Å². The van der Waals surface area contributed by atoms with Crippen molar-refractivity contribution in [2.24, 2.45) is 0 Å². The number of hydrogen-bond acceptors (Lipinski definition) is 4. The molecule has 0 amide bonds. The van der Waals surface area contributed by atoms with Crippen molar-refractivity contribution in [3.8, 4) is 11.5 Å². The molecule has 54 heavy (non-hydrogen) atoms. The van der Waals surface area contributed by atoms with Crippen molar-refractivity contribution in [1.82, 2.24) is 0 Å². The first-order valence-corrected chi connectivity index (χ1v) is 19.0. The largest absolute Gasteiger partial charge is 0.491 e. The van der Waals surface area contributed by atoms with Gasteiger partial charge in [0.1, 0.15) is 24.7 Å². The average Bonchev–Trinajstić information content (AvgIpc) is 3.20. The Morgan fingerprint density at radius 3 is 1.24 bits per heavy atom. The number of aliphatic hydroxyl groups excluding tert-OH is 2. The molecule has 0 saturated heterocycles. The van der Waals surface area contributed by atoms with Crippen LogP contribution in [0.15, 0.2) is 146 Å². The Kier molecular flexibility index (Phi) is 10.9. The lowest BCUT2D eigenvalue weighted by Gasteiger charge is -2.31. The number of aliphatic hydroxyl groups is 2. The first-order chi connectivity index (χ1) is 26.2. The van der Waals surface area contributed by atoms with Crippen LogP contribution >= 0.6 is 0 Å². The number of ether oxygens (including phenoxy) is 2. The number of benzene rings is 7. The Labute approximate surface area is 319 Å². The van der Waals surface area contributed by atoms with Gasteiger partial charge in [0, 0.05) is 23.7 Å². The minimum atomic E-state index is -0.309. The molecule has 0 radical (unpaired) electrons.